The van der Waals surface area contributed by atoms with E-state index in [9.17, 15) is 4.79 Å². The number of hydrogen-bond donors (Lipinski definition) is 1. The van der Waals surface area contributed by atoms with Crippen molar-refractivity contribution in [3.63, 3.8) is 0 Å². The third-order valence-electron chi connectivity index (χ3n) is 4.41. The normalized spacial score (nSPS) is 15.6. The third kappa shape index (κ3) is 4.24. The lowest BCUT2D eigenvalue weighted by Gasteiger charge is -2.24. The lowest BCUT2D eigenvalue weighted by Crippen LogP contribution is -2.41. The van der Waals surface area contributed by atoms with E-state index < -0.39 is 0 Å². The zero-order chi connectivity index (χ0) is 17.6. The summed E-state index contributed by atoms with van der Waals surface area (Å²) in [5.41, 5.74) is 2.48. The maximum absolute atomic E-state index is 12.2. The molecule has 1 aliphatic heterocycles. The molecule has 2 aromatic carbocycles. The first-order valence-corrected chi connectivity index (χ1v) is 8.55. The molecule has 1 atom stereocenters. The molecule has 5 nitrogen and oxygen atoms in total. The van der Waals surface area contributed by atoms with Gasteiger partial charge < -0.3 is 19.7 Å². The van der Waals surface area contributed by atoms with Crippen molar-refractivity contribution in [2.24, 2.45) is 0 Å². The van der Waals surface area contributed by atoms with E-state index in [-0.39, 0.29) is 5.91 Å². The van der Waals surface area contributed by atoms with E-state index in [1.807, 2.05) is 36.4 Å². The van der Waals surface area contributed by atoms with Gasteiger partial charge in [-0.15, -0.1) is 0 Å². The Hall–Kier alpha value is -2.69. The van der Waals surface area contributed by atoms with Gasteiger partial charge in [0, 0.05) is 11.7 Å². The van der Waals surface area contributed by atoms with Gasteiger partial charge in [-0.25, -0.2) is 0 Å². The summed E-state index contributed by atoms with van der Waals surface area (Å²) in [4.78, 5) is 14.4. The average Bonchev–Trinajstić information content (AvgIpc) is 2.95. The minimum atomic E-state index is 0.0156. The van der Waals surface area contributed by atoms with Crippen LogP contribution in [0.4, 0.5) is 5.69 Å². The minimum absolute atomic E-state index is 0.0156. The lowest BCUT2D eigenvalue weighted by atomic mass is 10.1. The number of benzene rings is 2. The zero-order valence-electron chi connectivity index (χ0n) is 14.7. The zero-order valence-corrected chi connectivity index (χ0v) is 14.7. The first kappa shape index (κ1) is 17.1. The molecule has 1 amide bonds. The monoisotopic (exact) mass is 340 g/mol. The summed E-state index contributed by atoms with van der Waals surface area (Å²) in [7, 11) is 1.63. The van der Waals surface area contributed by atoms with E-state index in [0.29, 0.717) is 25.7 Å². The average molecular weight is 340 g/mol. The van der Waals surface area contributed by atoms with Crippen molar-refractivity contribution in [3.05, 3.63) is 54.1 Å². The quantitative estimate of drug-likeness (QED) is 0.787. The van der Waals surface area contributed by atoms with Crippen LogP contribution in [0.25, 0.3) is 0 Å². The smallest absolute Gasteiger partial charge is 0.239 e. The topological polar surface area (TPSA) is 50.8 Å². The van der Waals surface area contributed by atoms with Crippen molar-refractivity contribution < 1.29 is 14.3 Å². The molecular formula is C20H24N2O3. The highest BCUT2D eigenvalue weighted by atomic mass is 16.5. The molecule has 0 saturated heterocycles. The van der Waals surface area contributed by atoms with Gasteiger partial charge >= 0.3 is 0 Å². The van der Waals surface area contributed by atoms with Crippen LogP contribution in [0, 0.1) is 0 Å². The first-order valence-electron chi connectivity index (χ1n) is 8.55. The molecule has 0 radical (unpaired) electrons. The summed E-state index contributed by atoms with van der Waals surface area (Å²) in [6.07, 6.45) is 0.990. The molecule has 25 heavy (non-hydrogen) atoms. The van der Waals surface area contributed by atoms with Crippen LogP contribution < -0.4 is 19.7 Å². The van der Waals surface area contributed by atoms with E-state index in [4.69, 9.17) is 9.47 Å². The second kappa shape index (κ2) is 7.92. The van der Waals surface area contributed by atoms with Crippen LogP contribution in [0.2, 0.25) is 0 Å². The number of amides is 1. The Balaban J connectivity index is 1.42. The predicted octanol–water partition coefficient (Wildman–Crippen LogP) is 2.64. The second-order valence-electron chi connectivity index (χ2n) is 6.18. The van der Waals surface area contributed by atoms with Crippen LogP contribution in [0.5, 0.6) is 11.5 Å². The molecule has 1 aliphatic rings. The number of ether oxygens (including phenoxy) is 2. The molecule has 3 rings (SSSR count). The Bertz CT molecular complexity index is 715. The van der Waals surface area contributed by atoms with Crippen molar-refractivity contribution in [3.8, 4) is 11.5 Å². The summed E-state index contributed by atoms with van der Waals surface area (Å²) in [5.74, 6) is 1.57. The van der Waals surface area contributed by atoms with E-state index in [1.165, 1.54) is 11.3 Å². The highest BCUT2D eigenvalue weighted by molar-refractivity contribution is 5.82. The van der Waals surface area contributed by atoms with Gasteiger partial charge in [0.2, 0.25) is 5.91 Å². The Labute approximate surface area is 148 Å². The highest BCUT2D eigenvalue weighted by Gasteiger charge is 2.26. The largest absolute Gasteiger partial charge is 0.497 e. The number of nitrogens with zero attached hydrogens (tertiary/aromatic N) is 1. The van der Waals surface area contributed by atoms with Gasteiger partial charge in [0.15, 0.2) is 0 Å². The fourth-order valence-electron chi connectivity index (χ4n) is 3.11. The predicted molar refractivity (Wildman–Crippen MR) is 98.5 cm³/mol. The number of carbonyl (C=O) groups is 1. The Morgan fingerprint density at radius 1 is 1.16 bits per heavy atom. The molecule has 0 spiro atoms. The molecule has 0 aromatic heterocycles. The van der Waals surface area contributed by atoms with Gasteiger partial charge in [-0.1, -0.05) is 18.2 Å². The van der Waals surface area contributed by atoms with Gasteiger partial charge in [-0.3, -0.25) is 4.79 Å². The van der Waals surface area contributed by atoms with Crippen LogP contribution in [0.1, 0.15) is 12.5 Å². The molecule has 1 heterocycles. The van der Waals surface area contributed by atoms with Gasteiger partial charge in [0.25, 0.3) is 0 Å². The van der Waals surface area contributed by atoms with Crippen LogP contribution >= 0.6 is 0 Å². The molecule has 5 heteroatoms. The van der Waals surface area contributed by atoms with E-state index in [0.717, 1.165) is 17.9 Å². The standard InChI is InChI=1S/C20H24N2O3/c1-15-13-16-5-3-4-6-19(16)22(15)14-20(23)21-11-12-25-18-9-7-17(24-2)8-10-18/h3-10,15H,11-14H2,1-2H3,(H,21,23). The van der Waals surface area contributed by atoms with Crippen molar-refractivity contribution >= 4 is 11.6 Å². The number of nitrogens with one attached hydrogen (secondary N) is 1. The number of fused-ring (bicyclic) bond motifs is 1. The Kier molecular flexibility index (Phi) is 5.43. The minimum Gasteiger partial charge on any atom is -0.497 e. The molecular weight excluding hydrogens is 316 g/mol. The fraction of sp³-hybridized carbons (Fsp3) is 0.350. The number of methoxy groups -OCH3 is 1. The molecule has 2 aromatic rings. The van der Waals surface area contributed by atoms with Crippen molar-refractivity contribution in [2.75, 3.05) is 31.7 Å². The van der Waals surface area contributed by atoms with Crippen LogP contribution in [0.3, 0.4) is 0 Å². The van der Waals surface area contributed by atoms with Crippen LogP contribution in [0.15, 0.2) is 48.5 Å². The summed E-state index contributed by atoms with van der Waals surface area (Å²) in [6.45, 7) is 3.44. The first-order chi connectivity index (χ1) is 12.2. The van der Waals surface area contributed by atoms with E-state index in [1.54, 1.807) is 7.11 Å². The van der Waals surface area contributed by atoms with E-state index >= 15 is 0 Å². The molecule has 1 unspecified atom stereocenters. The van der Waals surface area contributed by atoms with Crippen molar-refractivity contribution in [1.82, 2.24) is 5.32 Å². The summed E-state index contributed by atoms with van der Waals surface area (Å²) >= 11 is 0. The molecule has 0 saturated carbocycles. The highest BCUT2D eigenvalue weighted by Crippen LogP contribution is 2.31. The molecule has 132 valence electrons. The number of anilines is 1. The summed E-state index contributed by atoms with van der Waals surface area (Å²) < 4.78 is 10.7. The van der Waals surface area contributed by atoms with Gasteiger partial charge in [0.1, 0.15) is 18.1 Å². The summed E-state index contributed by atoms with van der Waals surface area (Å²) in [5, 5.41) is 2.92. The number of rotatable bonds is 7. The third-order valence-corrected chi connectivity index (χ3v) is 4.41. The maximum Gasteiger partial charge on any atom is 0.239 e. The van der Waals surface area contributed by atoms with E-state index in [2.05, 4.69) is 29.3 Å². The molecule has 0 aliphatic carbocycles. The molecule has 0 fully saturated rings. The Morgan fingerprint density at radius 2 is 1.88 bits per heavy atom. The fourth-order valence-corrected chi connectivity index (χ4v) is 3.11. The number of hydrogen-bond acceptors (Lipinski definition) is 4. The van der Waals surface area contributed by atoms with Gasteiger partial charge in [-0.05, 0) is 49.2 Å². The van der Waals surface area contributed by atoms with Crippen molar-refractivity contribution in [2.45, 2.75) is 19.4 Å². The summed E-state index contributed by atoms with van der Waals surface area (Å²) in [6, 6.07) is 16.0. The number of carbonyl (C=O) groups excluding carboxylic acids is 1. The Morgan fingerprint density at radius 3 is 2.64 bits per heavy atom. The van der Waals surface area contributed by atoms with Gasteiger partial charge in [-0.2, -0.15) is 0 Å². The SMILES string of the molecule is COc1ccc(OCCNC(=O)CN2c3ccccc3CC2C)cc1. The van der Waals surface area contributed by atoms with Crippen molar-refractivity contribution in [1.29, 1.82) is 0 Å². The second-order valence-corrected chi connectivity index (χ2v) is 6.18. The number of para-hydroxylation sites is 1. The maximum atomic E-state index is 12.2. The van der Waals surface area contributed by atoms with Gasteiger partial charge in [0.05, 0.1) is 20.2 Å². The lowest BCUT2D eigenvalue weighted by molar-refractivity contribution is -0.119. The molecule has 1 N–H and O–H groups in total. The van der Waals surface area contributed by atoms with Crippen LogP contribution in [-0.4, -0.2) is 38.8 Å². The molecule has 0 bridgehead atoms. The van der Waals surface area contributed by atoms with Crippen LogP contribution in [-0.2, 0) is 11.2 Å².